The van der Waals surface area contributed by atoms with Crippen LogP contribution < -0.4 is 10.8 Å². The number of amides is 2. The van der Waals surface area contributed by atoms with Crippen LogP contribution in [0.5, 0.6) is 0 Å². The van der Waals surface area contributed by atoms with Gasteiger partial charge in [-0.1, -0.05) is 61.4 Å². The molecule has 0 saturated heterocycles. The number of benzene rings is 2. The van der Waals surface area contributed by atoms with E-state index in [4.69, 9.17) is 9.84 Å². The van der Waals surface area contributed by atoms with Gasteiger partial charge in [0.15, 0.2) is 6.61 Å². The molecule has 2 aromatic carbocycles. The molecule has 33 heavy (non-hydrogen) atoms. The van der Waals surface area contributed by atoms with Crippen LogP contribution in [0.1, 0.15) is 49.1 Å². The highest BCUT2D eigenvalue weighted by Gasteiger charge is 2.31. The van der Waals surface area contributed by atoms with Crippen LogP contribution in [-0.2, 0) is 19.2 Å². The molecule has 0 spiro atoms. The minimum absolute atomic E-state index is 0.00548. The number of alkyl carbamates (subject to hydrolysis) is 1. The summed E-state index contributed by atoms with van der Waals surface area (Å²) in [6.07, 6.45) is 3.35. The summed E-state index contributed by atoms with van der Waals surface area (Å²) in [5.74, 6) is -1.54. The van der Waals surface area contributed by atoms with Crippen LogP contribution >= 0.6 is 0 Å². The minimum atomic E-state index is -1.18. The predicted octanol–water partition coefficient (Wildman–Crippen LogP) is 3.61. The number of aliphatic carboxylic acids is 1. The van der Waals surface area contributed by atoms with Crippen molar-refractivity contribution in [3.8, 4) is 11.1 Å². The van der Waals surface area contributed by atoms with Gasteiger partial charge in [0.1, 0.15) is 6.61 Å². The Morgan fingerprint density at radius 3 is 2.18 bits per heavy atom. The van der Waals surface area contributed by atoms with E-state index in [9.17, 15) is 14.4 Å². The van der Waals surface area contributed by atoms with Crippen molar-refractivity contribution in [3.05, 3.63) is 59.7 Å². The number of hydrogen-bond donors (Lipinski definition) is 3. The molecule has 2 aromatic rings. The average molecular weight is 453 g/mol. The number of rotatable bonds is 9. The number of hydroxylamine groups is 1. The first-order valence-corrected chi connectivity index (χ1v) is 11.3. The molecule has 0 heterocycles. The summed E-state index contributed by atoms with van der Waals surface area (Å²) in [4.78, 5) is 40.1. The molecule has 1 saturated carbocycles. The van der Waals surface area contributed by atoms with E-state index in [1.807, 2.05) is 24.3 Å². The Balaban J connectivity index is 1.37. The molecule has 0 aliphatic heterocycles. The smallest absolute Gasteiger partial charge is 0.407 e. The first-order chi connectivity index (χ1) is 16.0. The number of hydrogen-bond acceptors (Lipinski definition) is 5. The normalized spacial score (nSPS) is 16.0. The zero-order valence-corrected chi connectivity index (χ0v) is 18.3. The first-order valence-electron chi connectivity index (χ1n) is 11.3. The fourth-order valence-electron chi connectivity index (χ4n) is 4.91. The molecular formula is C25H28N2O6. The lowest BCUT2D eigenvalue weighted by Gasteiger charge is -2.24. The summed E-state index contributed by atoms with van der Waals surface area (Å²) in [5, 5.41) is 11.5. The van der Waals surface area contributed by atoms with Crippen molar-refractivity contribution >= 4 is 18.0 Å². The van der Waals surface area contributed by atoms with Gasteiger partial charge < -0.3 is 15.2 Å². The molecule has 2 aliphatic rings. The second-order valence-electron chi connectivity index (χ2n) is 8.53. The number of carbonyl (C=O) groups excluding carboxylic acids is 2. The van der Waals surface area contributed by atoms with Crippen LogP contribution in [0.2, 0.25) is 0 Å². The van der Waals surface area contributed by atoms with Crippen molar-refractivity contribution in [1.82, 2.24) is 10.8 Å². The maximum atomic E-state index is 12.7. The second kappa shape index (κ2) is 10.5. The van der Waals surface area contributed by atoms with Gasteiger partial charge in [-0.05, 0) is 41.0 Å². The SMILES string of the molecule is O=C(O)CONC(=O)CC(NC(=O)OCC1c2ccccc2-c2ccccc21)C1CCCC1. The summed E-state index contributed by atoms with van der Waals surface area (Å²) >= 11 is 0. The van der Waals surface area contributed by atoms with E-state index in [0.717, 1.165) is 47.9 Å². The lowest BCUT2D eigenvalue weighted by molar-refractivity contribution is -0.149. The Labute approximate surface area is 192 Å². The van der Waals surface area contributed by atoms with Gasteiger partial charge in [-0.3, -0.25) is 9.63 Å². The van der Waals surface area contributed by atoms with E-state index in [1.165, 1.54) is 0 Å². The number of carboxylic acid groups (broad SMARTS) is 1. The maximum absolute atomic E-state index is 12.7. The van der Waals surface area contributed by atoms with Crippen LogP contribution in [0.4, 0.5) is 4.79 Å². The van der Waals surface area contributed by atoms with Gasteiger partial charge >= 0.3 is 12.1 Å². The molecule has 8 nitrogen and oxygen atoms in total. The quantitative estimate of drug-likeness (QED) is 0.501. The van der Waals surface area contributed by atoms with Gasteiger partial charge in [0.05, 0.1) is 0 Å². The van der Waals surface area contributed by atoms with E-state index < -0.39 is 30.6 Å². The van der Waals surface area contributed by atoms with E-state index in [0.29, 0.717) is 0 Å². The number of carboxylic acids is 1. The van der Waals surface area contributed by atoms with Crippen LogP contribution in [-0.4, -0.2) is 42.3 Å². The first kappa shape index (κ1) is 22.8. The summed E-state index contributed by atoms with van der Waals surface area (Å²) < 4.78 is 5.63. The van der Waals surface area contributed by atoms with Crippen LogP contribution in [0.25, 0.3) is 11.1 Å². The average Bonchev–Trinajstić information content (AvgIpc) is 3.44. The van der Waals surface area contributed by atoms with Crippen molar-refractivity contribution in [3.63, 3.8) is 0 Å². The number of nitrogens with one attached hydrogen (secondary N) is 2. The molecule has 174 valence electrons. The van der Waals surface area contributed by atoms with E-state index in [1.54, 1.807) is 0 Å². The molecule has 3 N–H and O–H groups in total. The number of ether oxygens (including phenoxy) is 1. The van der Waals surface area contributed by atoms with Crippen LogP contribution in [0.15, 0.2) is 48.5 Å². The van der Waals surface area contributed by atoms with Crippen LogP contribution in [0, 0.1) is 5.92 Å². The Bertz CT molecular complexity index is 972. The molecule has 1 atom stereocenters. The Kier molecular flexibility index (Phi) is 7.24. The van der Waals surface area contributed by atoms with Gasteiger partial charge in [-0.2, -0.15) is 0 Å². The molecule has 0 bridgehead atoms. The highest BCUT2D eigenvalue weighted by Crippen LogP contribution is 2.44. The van der Waals surface area contributed by atoms with E-state index in [2.05, 4.69) is 39.9 Å². The highest BCUT2D eigenvalue weighted by molar-refractivity contribution is 5.79. The third-order valence-electron chi connectivity index (χ3n) is 6.40. The maximum Gasteiger partial charge on any atom is 0.407 e. The molecule has 1 unspecified atom stereocenters. The highest BCUT2D eigenvalue weighted by atomic mass is 16.7. The van der Waals surface area contributed by atoms with Crippen molar-refractivity contribution in [2.75, 3.05) is 13.2 Å². The topological polar surface area (TPSA) is 114 Å². The molecule has 1 fully saturated rings. The lowest BCUT2D eigenvalue weighted by atomic mass is 9.95. The zero-order chi connectivity index (χ0) is 23.2. The Hall–Kier alpha value is -3.39. The molecule has 4 rings (SSSR count). The molecule has 2 aliphatic carbocycles. The molecular weight excluding hydrogens is 424 g/mol. The number of fused-ring (bicyclic) bond motifs is 3. The van der Waals surface area contributed by atoms with Crippen molar-refractivity contribution < 1.29 is 29.1 Å². The predicted molar refractivity (Wildman–Crippen MR) is 120 cm³/mol. The third kappa shape index (κ3) is 5.51. The van der Waals surface area contributed by atoms with Gasteiger partial charge in [0, 0.05) is 18.4 Å². The minimum Gasteiger partial charge on any atom is -0.479 e. The van der Waals surface area contributed by atoms with Crippen LogP contribution in [0.3, 0.4) is 0 Å². The standard InChI is InChI=1S/C25H28N2O6/c28-23(27-33-15-24(29)30)13-22(16-7-1-2-8-16)26-25(31)32-14-21-19-11-5-3-9-17(19)18-10-4-6-12-20(18)21/h3-6,9-12,16,21-22H,1-2,7-8,13-15H2,(H,26,31)(H,27,28)(H,29,30). The Morgan fingerprint density at radius 2 is 1.58 bits per heavy atom. The zero-order valence-electron chi connectivity index (χ0n) is 18.3. The lowest BCUT2D eigenvalue weighted by Crippen LogP contribution is -2.43. The van der Waals surface area contributed by atoms with Crippen molar-refractivity contribution in [2.24, 2.45) is 5.92 Å². The fraction of sp³-hybridized carbons (Fsp3) is 0.400. The summed E-state index contributed by atoms with van der Waals surface area (Å²) in [7, 11) is 0. The third-order valence-corrected chi connectivity index (χ3v) is 6.40. The molecule has 2 amide bonds. The monoisotopic (exact) mass is 452 g/mol. The second-order valence-corrected chi connectivity index (χ2v) is 8.53. The van der Waals surface area contributed by atoms with Gasteiger partial charge in [-0.25, -0.2) is 15.1 Å². The van der Waals surface area contributed by atoms with Gasteiger partial charge in [0.25, 0.3) is 0 Å². The summed E-state index contributed by atoms with van der Waals surface area (Å²) in [6, 6.07) is 15.8. The van der Waals surface area contributed by atoms with Gasteiger partial charge in [0.2, 0.25) is 5.91 Å². The molecule has 0 radical (unpaired) electrons. The number of carbonyl (C=O) groups is 3. The molecule has 0 aromatic heterocycles. The summed E-state index contributed by atoms with van der Waals surface area (Å²) in [6.45, 7) is -0.426. The van der Waals surface area contributed by atoms with Crippen molar-refractivity contribution in [1.29, 1.82) is 0 Å². The van der Waals surface area contributed by atoms with E-state index >= 15 is 0 Å². The summed E-state index contributed by atoms with van der Waals surface area (Å²) in [5.41, 5.74) is 6.71. The van der Waals surface area contributed by atoms with Gasteiger partial charge in [-0.15, -0.1) is 0 Å². The Morgan fingerprint density at radius 1 is 0.970 bits per heavy atom. The van der Waals surface area contributed by atoms with Crippen molar-refractivity contribution in [2.45, 2.75) is 44.1 Å². The molecule has 8 heteroatoms. The fourth-order valence-corrected chi connectivity index (χ4v) is 4.91. The van der Waals surface area contributed by atoms with E-state index in [-0.39, 0.29) is 24.9 Å². The largest absolute Gasteiger partial charge is 0.479 e.